The van der Waals surface area contributed by atoms with Crippen molar-refractivity contribution in [3.63, 3.8) is 0 Å². The van der Waals surface area contributed by atoms with Crippen LogP contribution in [0.15, 0.2) is 35.4 Å². The Labute approximate surface area is 122 Å². The molecule has 0 spiro atoms. The lowest BCUT2D eigenvalue weighted by molar-refractivity contribution is 0.600. The van der Waals surface area contributed by atoms with E-state index in [0.29, 0.717) is 11.6 Å². The second-order valence-corrected chi connectivity index (χ2v) is 6.35. The Morgan fingerprint density at radius 1 is 1.35 bits per heavy atom. The van der Waals surface area contributed by atoms with Crippen LogP contribution >= 0.6 is 11.6 Å². The highest BCUT2D eigenvalue weighted by Gasteiger charge is 2.16. The first kappa shape index (κ1) is 14.8. The average Bonchev–Trinajstić information content (AvgIpc) is 2.77. The van der Waals surface area contributed by atoms with Gasteiger partial charge in [0.1, 0.15) is 0 Å². The smallest absolute Gasteiger partial charge is 0.263 e. The van der Waals surface area contributed by atoms with Crippen LogP contribution in [-0.2, 0) is 23.6 Å². The summed E-state index contributed by atoms with van der Waals surface area (Å²) in [7, 11) is -0.189. The topological polar surface area (TPSA) is 76.0 Å². The lowest BCUT2D eigenvalue weighted by Gasteiger charge is -2.09. The SMILES string of the molecule is CNCc1cc(S(=O)(=O)Nc2ccn(C)n2)ccc1Cl. The minimum atomic E-state index is -3.67. The summed E-state index contributed by atoms with van der Waals surface area (Å²) < 4.78 is 28.5. The standard InChI is InChI=1S/C12H15ClN4O2S/c1-14-8-9-7-10(3-4-11(9)13)20(18,19)16-12-5-6-17(2)15-12/h3-7,14H,8H2,1-2H3,(H,15,16). The van der Waals surface area contributed by atoms with Crippen LogP contribution in [0.3, 0.4) is 0 Å². The van der Waals surface area contributed by atoms with Crippen molar-refractivity contribution >= 4 is 27.4 Å². The van der Waals surface area contributed by atoms with Gasteiger partial charge in [0.05, 0.1) is 4.90 Å². The zero-order valence-electron chi connectivity index (χ0n) is 11.1. The second kappa shape index (κ2) is 5.82. The fourth-order valence-corrected chi connectivity index (χ4v) is 2.94. The molecule has 6 nitrogen and oxygen atoms in total. The molecule has 0 aliphatic carbocycles. The number of nitrogens with zero attached hydrogens (tertiary/aromatic N) is 2. The molecule has 2 aromatic rings. The highest BCUT2D eigenvalue weighted by molar-refractivity contribution is 7.92. The normalized spacial score (nSPS) is 11.6. The molecule has 2 N–H and O–H groups in total. The number of hydrogen-bond donors (Lipinski definition) is 2. The molecule has 2 rings (SSSR count). The molecule has 0 fully saturated rings. The van der Waals surface area contributed by atoms with Crippen molar-refractivity contribution in [1.82, 2.24) is 15.1 Å². The van der Waals surface area contributed by atoms with Crippen molar-refractivity contribution in [2.24, 2.45) is 7.05 Å². The molecule has 1 aromatic carbocycles. The van der Waals surface area contributed by atoms with E-state index in [-0.39, 0.29) is 10.7 Å². The molecule has 0 atom stereocenters. The molecule has 0 radical (unpaired) electrons. The van der Waals surface area contributed by atoms with Gasteiger partial charge in [-0.2, -0.15) is 5.10 Å². The van der Waals surface area contributed by atoms with E-state index < -0.39 is 10.0 Å². The predicted octanol–water partition coefficient (Wildman–Crippen LogP) is 1.59. The number of aromatic nitrogens is 2. The van der Waals surface area contributed by atoms with E-state index in [2.05, 4.69) is 15.1 Å². The molecular formula is C12H15ClN4O2S. The third-order valence-electron chi connectivity index (χ3n) is 2.65. The largest absolute Gasteiger partial charge is 0.316 e. The Kier molecular flexibility index (Phi) is 4.32. The van der Waals surface area contributed by atoms with E-state index in [9.17, 15) is 8.42 Å². The summed E-state index contributed by atoms with van der Waals surface area (Å²) in [5.74, 6) is 0.276. The van der Waals surface area contributed by atoms with Crippen LogP contribution < -0.4 is 10.0 Å². The van der Waals surface area contributed by atoms with Crippen molar-refractivity contribution < 1.29 is 8.42 Å². The Hall–Kier alpha value is -1.57. The van der Waals surface area contributed by atoms with Crippen molar-refractivity contribution in [2.75, 3.05) is 11.8 Å². The number of anilines is 1. The quantitative estimate of drug-likeness (QED) is 0.879. The van der Waals surface area contributed by atoms with Crippen molar-refractivity contribution in [3.05, 3.63) is 41.0 Å². The molecule has 0 bridgehead atoms. The highest BCUT2D eigenvalue weighted by atomic mass is 35.5. The van der Waals surface area contributed by atoms with E-state index in [1.54, 1.807) is 38.5 Å². The maximum absolute atomic E-state index is 12.3. The van der Waals surface area contributed by atoms with Crippen LogP contribution in [-0.4, -0.2) is 25.2 Å². The van der Waals surface area contributed by atoms with Gasteiger partial charge >= 0.3 is 0 Å². The van der Waals surface area contributed by atoms with Gasteiger partial charge in [0.15, 0.2) is 5.82 Å². The van der Waals surface area contributed by atoms with Crippen LogP contribution in [0.25, 0.3) is 0 Å². The molecule has 0 unspecified atom stereocenters. The van der Waals surface area contributed by atoms with Gasteiger partial charge in [-0.25, -0.2) is 8.42 Å². The van der Waals surface area contributed by atoms with E-state index in [0.717, 1.165) is 5.56 Å². The van der Waals surface area contributed by atoms with Crippen molar-refractivity contribution in [2.45, 2.75) is 11.4 Å². The minimum Gasteiger partial charge on any atom is -0.316 e. The van der Waals surface area contributed by atoms with Crippen LogP contribution in [0.5, 0.6) is 0 Å². The number of aryl methyl sites for hydroxylation is 1. The molecule has 1 aromatic heterocycles. The Bertz CT molecular complexity index is 712. The Morgan fingerprint density at radius 3 is 2.70 bits per heavy atom. The molecule has 0 saturated carbocycles. The predicted molar refractivity (Wildman–Crippen MR) is 78.2 cm³/mol. The number of hydrogen-bond acceptors (Lipinski definition) is 4. The van der Waals surface area contributed by atoms with Gasteiger partial charge in [-0.15, -0.1) is 0 Å². The third kappa shape index (κ3) is 3.30. The highest BCUT2D eigenvalue weighted by Crippen LogP contribution is 2.22. The zero-order chi connectivity index (χ0) is 14.8. The maximum Gasteiger partial charge on any atom is 0.263 e. The summed E-state index contributed by atoms with van der Waals surface area (Å²) >= 11 is 6.02. The number of halogens is 1. The Morgan fingerprint density at radius 2 is 2.10 bits per heavy atom. The number of nitrogens with one attached hydrogen (secondary N) is 2. The van der Waals surface area contributed by atoms with Crippen LogP contribution in [0.1, 0.15) is 5.56 Å². The van der Waals surface area contributed by atoms with Gasteiger partial charge in [0.2, 0.25) is 0 Å². The van der Waals surface area contributed by atoms with Gasteiger partial charge in [-0.05, 0) is 30.8 Å². The third-order valence-corrected chi connectivity index (χ3v) is 4.37. The monoisotopic (exact) mass is 314 g/mol. The van der Waals surface area contributed by atoms with Gasteiger partial charge in [-0.1, -0.05) is 11.6 Å². The van der Waals surface area contributed by atoms with Crippen molar-refractivity contribution in [1.29, 1.82) is 0 Å². The molecule has 0 amide bonds. The first-order valence-electron chi connectivity index (χ1n) is 5.88. The number of sulfonamides is 1. The summed E-state index contributed by atoms with van der Waals surface area (Å²) in [4.78, 5) is 0.151. The molecule has 20 heavy (non-hydrogen) atoms. The lowest BCUT2D eigenvalue weighted by Crippen LogP contribution is -2.14. The van der Waals surface area contributed by atoms with E-state index in [1.165, 1.54) is 10.7 Å². The number of rotatable bonds is 5. The molecular weight excluding hydrogens is 300 g/mol. The fraction of sp³-hybridized carbons (Fsp3) is 0.250. The van der Waals surface area contributed by atoms with E-state index >= 15 is 0 Å². The summed E-state index contributed by atoms with van der Waals surface area (Å²) in [5, 5.41) is 7.45. The first-order chi connectivity index (χ1) is 9.42. The van der Waals surface area contributed by atoms with E-state index in [1.807, 2.05) is 0 Å². The average molecular weight is 315 g/mol. The maximum atomic E-state index is 12.3. The molecule has 1 heterocycles. The zero-order valence-corrected chi connectivity index (χ0v) is 12.7. The van der Waals surface area contributed by atoms with Crippen molar-refractivity contribution in [3.8, 4) is 0 Å². The summed E-state index contributed by atoms with van der Waals surface area (Å²) in [6.07, 6.45) is 1.66. The lowest BCUT2D eigenvalue weighted by atomic mass is 10.2. The number of benzene rings is 1. The fourth-order valence-electron chi connectivity index (χ4n) is 1.71. The first-order valence-corrected chi connectivity index (χ1v) is 7.74. The molecule has 108 valence electrons. The van der Waals surface area contributed by atoms with Gasteiger partial charge < -0.3 is 5.32 Å². The molecule has 0 aliphatic heterocycles. The minimum absolute atomic E-state index is 0.151. The summed E-state index contributed by atoms with van der Waals surface area (Å²) in [5.41, 5.74) is 0.720. The second-order valence-electron chi connectivity index (χ2n) is 4.26. The summed E-state index contributed by atoms with van der Waals surface area (Å²) in [6.45, 7) is 0.492. The Balaban J connectivity index is 2.31. The van der Waals surface area contributed by atoms with Gasteiger partial charge in [0.25, 0.3) is 10.0 Å². The van der Waals surface area contributed by atoms with Crippen LogP contribution in [0.4, 0.5) is 5.82 Å². The van der Waals surface area contributed by atoms with Gasteiger partial charge in [-0.3, -0.25) is 9.40 Å². The van der Waals surface area contributed by atoms with Gasteiger partial charge in [0, 0.05) is 30.9 Å². The molecule has 0 aliphatic rings. The van der Waals surface area contributed by atoms with Crippen LogP contribution in [0, 0.1) is 0 Å². The van der Waals surface area contributed by atoms with Crippen LogP contribution in [0.2, 0.25) is 5.02 Å². The van der Waals surface area contributed by atoms with E-state index in [4.69, 9.17) is 11.6 Å². The molecule has 8 heteroatoms. The summed E-state index contributed by atoms with van der Waals surface area (Å²) in [6, 6.07) is 6.17. The molecule has 0 saturated heterocycles.